The number of aliphatic hydroxyl groups is 1. The number of rotatable bonds is 2. The molecule has 0 unspecified atom stereocenters. The van der Waals surface area contributed by atoms with Gasteiger partial charge >= 0.3 is 6.09 Å². The summed E-state index contributed by atoms with van der Waals surface area (Å²) in [5.74, 6) is 0. The highest BCUT2D eigenvalue weighted by molar-refractivity contribution is 5.69. The van der Waals surface area contributed by atoms with E-state index in [-0.39, 0.29) is 6.09 Å². The van der Waals surface area contributed by atoms with Gasteiger partial charge in [-0.05, 0) is 33.3 Å². The van der Waals surface area contributed by atoms with Crippen LogP contribution < -0.4 is 0 Å². The minimum atomic E-state index is -0.827. The van der Waals surface area contributed by atoms with Crippen LogP contribution in [0.4, 0.5) is 4.79 Å². The van der Waals surface area contributed by atoms with Crippen LogP contribution in [-0.4, -0.2) is 40.4 Å². The number of benzene rings is 1. The fraction of sp³-hybridized carbons (Fsp3) is 0.562. The highest BCUT2D eigenvalue weighted by atomic mass is 16.6. The second kappa shape index (κ2) is 5.09. The van der Waals surface area contributed by atoms with Crippen molar-refractivity contribution in [1.29, 1.82) is 0 Å². The first kappa shape index (κ1) is 14.9. The van der Waals surface area contributed by atoms with E-state index in [2.05, 4.69) is 0 Å². The number of carbonyl (C=O) groups is 1. The molecule has 1 amide bonds. The zero-order valence-corrected chi connectivity index (χ0v) is 12.6. The molecule has 20 heavy (non-hydrogen) atoms. The van der Waals surface area contributed by atoms with E-state index in [1.54, 1.807) is 4.90 Å². The third kappa shape index (κ3) is 3.73. The lowest BCUT2D eigenvalue weighted by Crippen LogP contribution is -2.65. The van der Waals surface area contributed by atoms with E-state index in [9.17, 15) is 9.90 Å². The Labute approximate surface area is 120 Å². The van der Waals surface area contributed by atoms with E-state index in [4.69, 9.17) is 4.74 Å². The molecule has 1 aliphatic heterocycles. The van der Waals surface area contributed by atoms with E-state index >= 15 is 0 Å². The van der Waals surface area contributed by atoms with Gasteiger partial charge in [-0.1, -0.05) is 29.8 Å². The van der Waals surface area contributed by atoms with Crippen LogP contribution in [0.3, 0.4) is 0 Å². The Bertz CT molecular complexity index is 481. The average molecular weight is 277 g/mol. The van der Waals surface area contributed by atoms with Crippen molar-refractivity contribution in [3.05, 3.63) is 35.4 Å². The normalized spacial score (nSPS) is 17.6. The van der Waals surface area contributed by atoms with Gasteiger partial charge in [0.05, 0.1) is 13.1 Å². The molecule has 0 radical (unpaired) electrons. The number of hydrogen-bond acceptors (Lipinski definition) is 3. The van der Waals surface area contributed by atoms with Crippen LogP contribution in [0, 0.1) is 6.92 Å². The van der Waals surface area contributed by atoms with Crippen molar-refractivity contribution in [2.75, 3.05) is 13.1 Å². The summed E-state index contributed by atoms with van der Waals surface area (Å²) < 4.78 is 5.28. The maximum Gasteiger partial charge on any atom is 0.410 e. The molecule has 1 aliphatic rings. The average Bonchev–Trinajstić information content (AvgIpc) is 2.26. The van der Waals surface area contributed by atoms with Gasteiger partial charge in [0.1, 0.15) is 11.2 Å². The monoisotopic (exact) mass is 277 g/mol. The van der Waals surface area contributed by atoms with Crippen LogP contribution in [0.15, 0.2) is 24.3 Å². The van der Waals surface area contributed by atoms with Crippen molar-refractivity contribution >= 4 is 6.09 Å². The van der Waals surface area contributed by atoms with Gasteiger partial charge in [0.25, 0.3) is 0 Å². The Balaban J connectivity index is 1.87. The van der Waals surface area contributed by atoms with Crippen molar-refractivity contribution in [3.63, 3.8) is 0 Å². The lowest BCUT2D eigenvalue weighted by molar-refractivity contribution is -0.0973. The summed E-state index contributed by atoms with van der Waals surface area (Å²) in [5.41, 5.74) is 0.958. The number of hydrogen-bond donors (Lipinski definition) is 1. The van der Waals surface area contributed by atoms with E-state index in [0.717, 1.165) is 5.56 Å². The Morgan fingerprint density at radius 2 is 1.85 bits per heavy atom. The summed E-state index contributed by atoms with van der Waals surface area (Å²) in [6.07, 6.45) is 0.207. The molecule has 1 saturated heterocycles. The van der Waals surface area contributed by atoms with Crippen LogP contribution in [0.5, 0.6) is 0 Å². The molecule has 0 spiro atoms. The zero-order valence-electron chi connectivity index (χ0n) is 12.6. The SMILES string of the molecule is Cc1ccc(CC2(O)CN(C(=O)OC(C)(C)C)C2)cc1. The lowest BCUT2D eigenvalue weighted by Gasteiger charge is -2.46. The van der Waals surface area contributed by atoms with Gasteiger partial charge in [-0.25, -0.2) is 4.79 Å². The fourth-order valence-electron chi connectivity index (χ4n) is 2.32. The molecule has 1 aromatic rings. The Morgan fingerprint density at radius 1 is 1.30 bits per heavy atom. The number of aryl methyl sites for hydroxylation is 1. The third-order valence-corrected chi connectivity index (χ3v) is 3.28. The first-order chi connectivity index (χ1) is 9.17. The first-order valence-corrected chi connectivity index (χ1v) is 6.93. The van der Waals surface area contributed by atoms with E-state index in [1.807, 2.05) is 52.0 Å². The van der Waals surface area contributed by atoms with Gasteiger partial charge in [0.2, 0.25) is 0 Å². The molecule has 1 fully saturated rings. The molecule has 110 valence electrons. The molecule has 4 nitrogen and oxygen atoms in total. The largest absolute Gasteiger partial charge is 0.444 e. The van der Waals surface area contributed by atoms with Crippen LogP contribution in [-0.2, 0) is 11.2 Å². The molecule has 1 aromatic carbocycles. The molecular formula is C16H23NO3. The van der Waals surface area contributed by atoms with Gasteiger partial charge in [0, 0.05) is 6.42 Å². The summed E-state index contributed by atoms with van der Waals surface area (Å²) in [6, 6.07) is 8.10. The number of nitrogens with zero attached hydrogens (tertiary/aromatic N) is 1. The van der Waals surface area contributed by atoms with Crippen molar-refractivity contribution in [3.8, 4) is 0 Å². The summed E-state index contributed by atoms with van der Waals surface area (Å²) in [7, 11) is 0. The summed E-state index contributed by atoms with van der Waals surface area (Å²) in [5, 5.41) is 10.4. The quantitative estimate of drug-likeness (QED) is 0.903. The predicted octanol–water partition coefficient (Wildman–Crippen LogP) is 2.52. The fourth-order valence-corrected chi connectivity index (χ4v) is 2.32. The maximum atomic E-state index is 11.8. The van der Waals surface area contributed by atoms with E-state index < -0.39 is 11.2 Å². The van der Waals surface area contributed by atoms with E-state index in [0.29, 0.717) is 19.5 Å². The number of carbonyl (C=O) groups excluding carboxylic acids is 1. The molecule has 1 heterocycles. The minimum absolute atomic E-state index is 0.329. The molecule has 0 aliphatic carbocycles. The maximum absolute atomic E-state index is 11.8. The van der Waals surface area contributed by atoms with Gasteiger partial charge in [-0.3, -0.25) is 0 Å². The van der Waals surface area contributed by atoms with Crippen molar-refractivity contribution in [2.45, 2.75) is 45.3 Å². The van der Waals surface area contributed by atoms with Gasteiger partial charge < -0.3 is 14.7 Å². The number of amides is 1. The molecule has 0 bridgehead atoms. The van der Waals surface area contributed by atoms with Crippen LogP contribution in [0.2, 0.25) is 0 Å². The topological polar surface area (TPSA) is 49.8 Å². The molecule has 2 rings (SSSR count). The smallest absolute Gasteiger partial charge is 0.410 e. The Hall–Kier alpha value is -1.55. The Kier molecular flexibility index (Phi) is 3.78. The van der Waals surface area contributed by atoms with Crippen LogP contribution in [0.1, 0.15) is 31.9 Å². The van der Waals surface area contributed by atoms with Gasteiger partial charge in [0.15, 0.2) is 0 Å². The van der Waals surface area contributed by atoms with Crippen molar-refractivity contribution in [1.82, 2.24) is 4.90 Å². The first-order valence-electron chi connectivity index (χ1n) is 6.93. The highest BCUT2D eigenvalue weighted by Crippen LogP contribution is 2.27. The Morgan fingerprint density at radius 3 is 2.35 bits per heavy atom. The molecule has 0 aromatic heterocycles. The molecule has 4 heteroatoms. The van der Waals surface area contributed by atoms with Gasteiger partial charge in [-0.2, -0.15) is 0 Å². The van der Waals surface area contributed by atoms with Crippen molar-refractivity contribution in [2.24, 2.45) is 0 Å². The number of β-amino-alcohol motifs (C(OH)–C–C–N with tert-alkyl or cyclic N) is 1. The van der Waals surface area contributed by atoms with Gasteiger partial charge in [-0.15, -0.1) is 0 Å². The number of ether oxygens (including phenoxy) is 1. The summed E-state index contributed by atoms with van der Waals surface area (Å²) >= 11 is 0. The van der Waals surface area contributed by atoms with Crippen molar-refractivity contribution < 1.29 is 14.6 Å². The number of likely N-dealkylation sites (tertiary alicyclic amines) is 1. The lowest BCUT2D eigenvalue weighted by atomic mass is 9.87. The van der Waals surface area contributed by atoms with E-state index in [1.165, 1.54) is 5.56 Å². The highest BCUT2D eigenvalue weighted by Gasteiger charge is 2.44. The summed E-state index contributed by atoms with van der Waals surface area (Å²) in [6.45, 7) is 8.20. The predicted molar refractivity (Wildman–Crippen MR) is 77.6 cm³/mol. The molecular weight excluding hydrogens is 254 g/mol. The standard InChI is InChI=1S/C16H23NO3/c1-12-5-7-13(8-6-12)9-16(19)10-17(11-16)14(18)20-15(2,3)4/h5-8,19H,9-11H2,1-4H3. The zero-order chi connectivity index (χ0) is 15.0. The minimum Gasteiger partial charge on any atom is -0.444 e. The second-order valence-electron chi connectivity index (χ2n) is 6.72. The summed E-state index contributed by atoms with van der Waals surface area (Å²) in [4.78, 5) is 13.4. The molecule has 0 atom stereocenters. The molecule has 0 saturated carbocycles. The van der Waals surface area contributed by atoms with Crippen LogP contribution in [0.25, 0.3) is 0 Å². The second-order valence-corrected chi connectivity index (χ2v) is 6.72. The molecule has 1 N–H and O–H groups in total. The third-order valence-electron chi connectivity index (χ3n) is 3.28. The van der Waals surface area contributed by atoms with Crippen LogP contribution >= 0.6 is 0 Å².